The summed E-state index contributed by atoms with van der Waals surface area (Å²) in [6, 6.07) is 7.47. The Hall–Kier alpha value is -2.24. The van der Waals surface area contributed by atoms with Gasteiger partial charge in [-0.05, 0) is 24.6 Å². The lowest BCUT2D eigenvalue weighted by Crippen LogP contribution is -2.53. The minimum Gasteiger partial charge on any atom is -0.497 e. The maximum absolute atomic E-state index is 12.3. The molecule has 0 unspecified atom stereocenters. The van der Waals surface area contributed by atoms with Crippen LogP contribution in [-0.4, -0.2) is 61.6 Å². The van der Waals surface area contributed by atoms with Crippen LogP contribution >= 0.6 is 0 Å². The van der Waals surface area contributed by atoms with E-state index in [9.17, 15) is 9.59 Å². The number of rotatable bonds is 4. The number of methoxy groups -OCH3 is 1. The van der Waals surface area contributed by atoms with Crippen molar-refractivity contribution in [2.45, 2.75) is 13.3 Å². The third-order valence-corrected chi connectivity index (χ3v) is 3.76. The Bertz CT molecular complexity index is 508. The highest BCUT2D eigenvalue weighted by Crippen LogP contribution is 2.13. The van der Waals surface area contributed by atoms with Gasteiger partial charge in [0.25, 0.3) is 0 Å². The predicted molar refractivity (Wildman–Crippen MR) is 83.9 cm³/mol. The van der Waals surface area contributed by atoms with E-state index < -0.39 is 0 Å². The molecule has 1 aliphatic rings. The Balaban J connectivity index is 1.83. The molecule has 0 aromatic heterocycles. The monoisotopic (exact) mass is 305 g/mol. The van der Waals surface area contributed by atoms with Crippen molar-refractivity contribution in [3.05, 3.63) is 29.8 Å². The maximum atomic E-state index is 12.3. The average molecular weight is 305 g/mol. The largest absolute Gasteiger partial charge is 0.497 e. The van der Waals surface area contributed by atoms with Crippen LogP contribution in [0.3, 0.4) is 0 Å². The minimum atomic E-state index is -0.0512. The molecule has 1 fully saturated rings. The van der Waals surface area contributed by atoms with Gasteiger partial charge in [-0.15, -0.1) is 0 Å². The van der Waals surface area contributed by atoms with Gasteiger partial charge in [-0.3, -0.25) is 4.79 Å². The first kappa shape index (κ1) is 16.1. The molecule has 120 valence electrons. The third-order valence-electron chi connectivity index (χ3n) is 3.76. The Kier molecular flexibility index (Phi) is 5.63. The summed E-state index contributed by atoms with van der Waals surface area (Å²) in [6.45, 7) is 4.86. The highest BCUT2D eigenvalue weighted by Gasteiger charge is 2.23. The van der Waals surface area contributed by atoms with Crippen molar-refractivity contribution in [3.8, 4) is 5.75 Å². The summed E-state index contributed by atoms with van der Waals surface area (Å²) in [7, 11) is 1.62. The fraction of sp³-hybridized carbons (Fsp3) is 0.500. The first-order chi connectivity index (χ1) is 10.6. The van der Waals surface area contributed by atoms with Crippen molar-refractivity contribution < 1.29 is 14.3 Å². The number of ether oxygens (including phenoxy) is 1. The molecule has 1 aliphatic heterocycles. The fourth-order valence-corrected chi connectivity index (χ4v) is 2.45. The molecule has 0 saturated carbocycles. The number of hydrogen-bond donors (Lipinski definition) is 1. The SMILES string of the molecule is CCNC(=O)N1CCN(C(=O)Cc2ccc(OC)cc2)CC1. The molecule has 0 atom stereocenters. The summed E-state index contributed by atoms with van der Waals surface area (Å²) in [5.74, 6) is 0.882. The van der Waals surface area contributed by atoms with Crippen LogP contribution in [0.4, 0.5) is 4.79 Å². The summed E-state index contributed by atoms with van der Waals surface area (Å²) >= 11 is 0. The number of carbonyl (C=O) groups excluding carboxylic acids is 2. The van der Waals surface area contributed by atoms with Crippen LogP contribution < -0.4 is 10.1 Å². The molecule has 6 nitrogen and oxygen atoms in total. The minimum absolute atomic E-state index is 0.0512. The van der Waals surface area contributed by atoms with Gasteiger partial charge in [0.1, 0.15) is 5.75 Å². The van der Waals surface area contributed by atoms with Crippen molar-refractivity contribution in [2.24, 2.45) is 0 Å². The standard InChI is InChI=1S/C16H23N3O3/c1-3-17-16(21)19-10-8-18(9-11-19)15(20)12-13-4-6-14(22-2)7-5-13/h4-7H,3,8-12H2,1-2H3,(H,17,21). The molecule has 0 bridgehead atoms. The number of carbonyl (C=O) groups is 2. The molecule has 1 heterocycles. The van der Waals surface area contributed by atoms with Crippen LogP contribution in [-0.2, 0) is 11.2 Å². The number of hydrogen-bond acceptors (Lipinski definition) is 3. The van der Waals surface area contributed by atoms with Crippen molar-refractivity contribution in [1.29, 1.82) is 0 Å². The van der Waals surface area contributed by atoms with Crippen molar-refractivity contribution in [3.63, 3.8) is 0 Å². The number of nitrogens with zero attached hydrogens (tertiary/aromatic N) is 2. The lowest BCUT2D eigenvalue weighted by molar-refractivity contribution is -0.131. The second-order valence-electron chi connectivity index (χ2n) is 5.23. The maximum Gasteiger partial charge on any atom is 0.317 e. The lowest BCUT2D eigenvalue weighted by Gasteiger charge is -2.34. The van der Waals surface area contributed by atoms with Gasteiger partial charge < -0.3 is 19.9 Å². The molecule has 0 spiro atoms. The highest BCUT2D eigenvalue weighted by molar-refractivity contribution is 5.79. The summed E-state index contributed by atoms with van der Waals surface area (Å²) in [4.78, 5) is 27.6. The van der Waals surface area contributed by atoms with Crippen molar-refractivity contribution in [1.82, 2.24) is 15.1 Å². The Morgan fingerprint density at radius 2 is 1.68 bits per heavy atom. The Morgan fingerprint density at radius 3 is 2.23 bits per heavy atom. The zero-order valence-electron chi connectivity index (χ0n) is 13.2. The first-order valence-electron chi connectivity index (χ1n) is 7.57. The summed E-state index contributed by atoms with van der Waals surface area (Å²) < 4.78 is 5.11. The van der Waals surface area contributed by atoms with Gasteiger partial charge in [0.2, 0.25) is 5.91 Å². The molecular formula is C16H23N3O3. The highest BCUT2D eigenvalue weighted by atomic mass is 16.5. The van der Waals surface area contributed by atoms with Gasteiger partial charge in [0.15, 0.2) is 0 Å². The van der Waals surface area contributed by atoms with Gasteiger partial charge in [-0.25, -0.2) is 4.79 Å². The van der Waals surface area contributed by atoms with Crippen LogP contribution in [0, 0.1) is 0 Å². The van der Waals surface area contributed by atoms with E-state index in [1.165, 1.54) is 0 Å². The van der Waals surface area contributed by atoms with E-state index in [4.69, 9.17) is 4.74 Å². The van der Waals surface area contributed by atoms with Crippen molar-refractivity contribution in [2.75, 3.05) is 39.8 Å². The van der Waals surface area contributed by atoms with Gasteiger partial charge in [0.05, 0.1) is 13.5 Å². The molecule has 3 amide bonds. The van der Waals surface area contributed by atoms with E-state index in [1.807, 2.05) is 36.1 Å². The van der Waals surface area contributed by atoms with E-state index >= 15 is 0 Å². The topological polar surface area (TPSA) is 61.9 Å². The number of urea groups is 1. The molecule has 6 heteroatoms. The van der Waals surface area contributed by atoms with E-state index in [-0.39, 0.29) is 11.9 Å². The first-order valence-corrected chi connectivity index (χ1v) is 7.57. The van der Waals surface area contributed by atoms with Gasteiger partial charge in [-0.2, -0.15) is 0 Å². The van der Waals surface area contributed by atoms with Crippen LogP contribution in [0.15, 0.2) is 24.3 Å². The molecule has 0 aliphatic carbocycles. The second kappa shape index (κ2) is 7.68. The molecule has 1 N–H and O–H groups in total. The molecule has 22 heavy (non-hydrogen) atoms. The molecule has 1 aromatic rings. The predicted octanol–water partition coefficient (Wildman–Crippen LogP) is 1.11. The van der Waals surface area contributed by atoms with Crippen LogP contribution in [0.25, 0.3) is 0 Å². The Labute approximate surface area is 131 Å². The van der Waals surface area contributed by atoms with E-state index in [0.717, 1.165) is 11.3 Å². The third kappa shape index (κ3) is 4.13. The van der Waals surface area contributed by atoms with Crippen LogP contribution in [0.5, 0.6) is 5.75 Å². The van der Waals surface area contributed by atoms with E-state index in [0.29, 0.717) is 39.1 Å². The molecule has 2 rings (SSSR count). The number of nitrogens with one attached hydrogen (secondary N) is 1. The quantitative estimate of drug-likeness (QED) is 0.906. The number of amides is 3. The zero-order chi connectivity index (χ0) is 15.9. The summed E-state index contributed by atoms with van der Waals surface area (Å²) in [6.07, 6.45) is 0.380. The zero-order valence-corrected chi connectivity index (χ0v) is 13.2. The summed E-state index contributed by atoms with van der Waals surface area (Å²) in [5, 5.41) is 2.78. The van der Waals surface area contributed by atoms with Crippen LogP contribution in [0.1, 0.15) is 12.5 Å². The summed E-state index contributed by atoms with van der Waals surface area (Å²) in [5.41, 5.74) is 0.969. The average Bonchev–Trinajstić information content (AvgIpc) is 2.56. The van der Waals surface area contributed by atoms with E-state index in [1.54, 1.807) is 12.0 Å². The van der Waals surface area contributed by atoms with Crippen LogP contribution in [0.2, 0.25) is 0 Å². The Morgan fingerprint density at radius 1 is 1.09 bits per heavy atom. The van der Waals surface area contributed by atoms with Crippen molar-refractivity contribution >= 4 is 11.9 Å². The molecular weight excluding hydrogens is 282 g/mol. The van der Waals surface area contributed by atoms with Gasteiger partial charge in [0, 0.05) is 32.7 Å². The molecule has 0 radical (unpaired) electrons. The second-order valence-corrected chi connectivity index (χ2v) is 5.23. The van der Waals surface area contributed by atoms with Gasteiger partial charge in [-0.1, -0.05) is 12.1 Å². The fourth-order valence-electron chi connectivity index (χ4n) is 2.45. The smallest absolute Gasteiger partial charge is 0.317 e. The van der Waals surface area contributed by atoms with Gasteiger partial charge >= 0.3 is 6.03 Å². The normalized spacial score (nSPS) is 14.6. The lowest BCUT2D eigenvalue weighted by atomic mass is 10.1. The number of piperazine rings is 1. The van der Waals surface area contributed by atoms with E-state index in [2.05, 4.69) is 5.32 Å². The number of benzene rings is 1. The molecule has 1 saturated heterocycles. The molecule has 1 aromatic carbocycles.